The Morgan fingerprint density at radius 3 is 3.00 bits per heavy atom. The zero-order chi connectivity index (χ0) is 16.2. The molecule has 0 bridgehead atoms. The molecule has 1 aliphatic rings. The maximum Gasteiger partial charge on any atom is 0.339 e. The van der Waals surface area contributed by atoms with E-state index in [1.54, 1.807) is 31.2 Å². The van der Waals surface area contributed by atoms with Crippen LogP contribution in [0.4, 0.5) is 4.39 Å². The van der Waals surface area contributed by atoms with Gasteiger partial charge in [0.25, 0.3) is 0 Å². The predicted molar refractivity (Wildman–Crippen MR) is 80.7 cm³/mol. The van der Waals surface area contributed by atoms with Crippen LogP contribution in [-0.2, 0) is 4.74 Å². The van der Waals surface area contributed by atoms with Gasteiger partial charge < -0.3 is 9.15 Å². The van der Waals surface area contributed by atoms with Crippen molar-refractivity contribution in [2.75, 3.05) is 26.3 Å². The molecule has 0 radical (unpaired) electrons. The van der Waals surface area contributed by atoms with Gasteiger partial charge in [0, 0.05) is 26.6 Å². The fourth-order valence-corrected chi connectivity index (χ4v) is 2.68. The van der Waals surface area contributed by atoms with Gasteiger partial charge in [-0.15, -0.1) is 10.2 Å². The van der Waals surface area contributed by atoms with Gasteiger partial charge in [-0.05, 0) is 18.6 Å². The van der Waals surface area contributed by atoms with Gasteiger partial charge in [-0.1, -0.05) is 12.1 Å². The lowest BCUT2D eigenvalue weighted by molar-refractivity contribution is 0.0322. The molecule has 6 nitrogen and oxygen atoms in total. The number of likely N-dealkylation sites (tertiary alicyclic amines) is 1. The second-order valence-electron chi connectivity index (χ2n) is 5.48. The van der Waals surface area contributed by atoms with Crippen molar-refractivity contribution in [1.29, 1.82) is 0 Å². The fraction of sp³-hybridized carbons (Fsp3) is 0.438. The van der Waals surface area contributed by atoms with Gasteiger partial charge in [0.2, 0.25) is 11.8 Å². The number of hydrogen-bond acceptors (Lipinski definition) is 6. The molecule has 1 atom stereocenters. The van der Waals surface area contributed by atoms with Crippen LogP contribution < -0.4 is 0 Å². The van der Waals surface area contributed by atoms with Crippen molar-refractivity contribution < 1.29 is 18.3 Å². The number of carbonyl (C=O) groups is 1. The molecular formula is C16H18FN3O3. The number of halogens is 1. The molecule has 1 saturated heterocycles. The van der Waals surface area contributed by atoms with E-state index in [4.69, 9.17) is 9.15 Å². The Morgan fingerprint density at radius 2 is 2.26 bits per heavy atom. The molecule has 0 N–H and O–H groups in total. The normalized spacial score (nSPS) is 18.3. The van der Waals surface area contributed by atoms with Crippen LogP contribution in [0.2, 0.25) is 0 Å². The first-order chi connectivity index (χ1) is 11.2. The van der Waals surface area contributed by atoms with E-state index in [2.05, 4.69) is 10.2 Å². The molecule has 0 spiro atoms. The van der Waals surface area contributed by atoms with E-state index in [0.29, 0.717) is 42.4 Å². The van der Waals surface area contributed by atoms with E-state index in [-0.39, 0.29) is 12.8 Å². The van der Waals surface area contributed by atoms with Crippen LogP contribution in [0.5, 0.6) is 0 Å². The molecule has 23 heavy (non-hydrogen) atoms. The first kappa shape index (κ1) is 15.6. The summed E-state index contributed by atoms with van der Waals surface area (Å²) < 4.78 is 23.3. The Morgan fingerprint density at radius 1 is 1.43 bits per heavy atom. The largest absolute Gasteiger partial charge is 0.457 e. The van der Waals surface area contributed by atoms with E-state index in [1.807, 2.05) is 4.90 Å². The zero-order valence-electron chi connectivity index (χ0n) is 12.9. The highest BCUT2D eigenvalue weighted by Crippen LogP contribution is 2.24. The number of nitrogens with zero attached hydrogens (tertiary/aromatic N) is 3. The molecule has 1 aliphatic heterocycles. The average molecular weight is 319 g/mol. The highest BCUT2D eigenvalue weighted by atomic mass is 19.1. The first-order valence-corrected chi connectivity index (χ1v) is 7.56. The molecule has 0 saturated carbocycles. The maximum absolute atomic E-state index is 12.5. The third kappa shape index (κ3) is 3.56. The third-order valence-electron chi connectivity index (χ3n) is 3.81. The number of carbonyl (C=O) groups excluding carboxylic acids is 1. The van der Waals surface area contributed by atoms with E-state index in [1.165, 1.54) is 0 Å². The van der Waals surface area contributed by atoms with Crippen LogP contribution in [0, 0.1) is 6.92 Å². The summed E-state index contributed by atoms with van der Waals surface area (Å²) in [4.78, 5) is 14.4. The number of aromatic nitrogens is 2. The molecule has 7 heteroatoms. The van der Waals surface area contributed by atoms with Crippen LogP contribution in [0.3, 0.4) is 0 Å². The summed E-state index contributed by atoms with van der Waals surface area (Å²) in [6.07, 6.45) is 0.500. The van der Waals surface area contributed by atoms with Gasteiger partial charge >= 0.3 is 5.97 Å². The molecule has 1 unspecified atom stereocenters. The lowest BCUT2D eigenvalue weighted by Gasteiger charge is -2.15. The van der Waals surface area contributed by atoms with Crippen LogP contribution in [0.1, 0.15) is 22.7 Å². The number of aryl methyl sites for hydroxylation is 1. The van der Waals surface area contributed by atoms with Gasteiger partial charge in [-0.25, -0.2) is 9.18 Å². The van der Waals surface area contributed by atoms with E-state index >= 15 is 0 Å². The Bertz CT molecular complexity index is 689. The van der Waals surface area contributed by atoms with Crippen molar-refractivity contribution in [3.8, 4) is 11.5 Å². The van der Waals surface area contributed by atoms with Gasteiger partial charge in [0.05, 0.1) is 11.1 Å². The average Bonchev–Trinajstić information content (AvgIpc) is 3.17. The molecule has 122 valence electrons. The Balaban J connectivity index is 1.73. The van der Waals surface area contributed by atoms with E-state index in [9.17, 15) is 9.18 Å². The lowest BCUT2D eigenvalue weighted by atomic mass is 10.1. The molecule has 1 fully saturated rings. The van der Waals surface area contributed by atoms with Gasteiger partial charge in [0.1, 0.15) is 12.8 Å². The molecule has 0 amide bonds. The quantitative estimate of drug-likeness (QED) is 0.787. The number of alkyl halides is 1. The molecule has 2 heterocycles. The van der Waals surface area contributed by atoms with Crippen LogP contribution in [0.25, 0.3) is 11.5 Å². The number of rotatable bonds is 5. The highest BCUT2D eigenvalue weighted by molar-refractivity contribution is 5.96. The van der Waals surface area contributed by atoms with Crippen LogP contribution in [0.15, 0.2) is 28.7 Å². The van der Waals surface area contributed by atoms with Crippen molar-refractivity contribution in [3.63, 3.8) is 0 Å². The van der Waals surface area contributed by atoms with Crippen molar-refractivity contribution in [3.05, 3.63) is 35.7 Å². The molecule has 1 aromatic heterocycles. The summed E-state index contributed by atoms with van der Waals surface area (Å²) >= 11 is 0. The fourth-order valence-electron chi connectivity index (χ4n) is 2.68. The zero-order valence-corrected chi connectivity index (χ0v) is 12.9. The highest BCUT2D eigenvalue weighted by Gasteiger charge is 2.27. The smallest absolute Gasteiger partial charge is 0.339 e. The van der Waals surface area contributed by atoms with Crippen molar-refractivity contribution in [1.82, 2.24) is 15.1 Å². The second kappa shape index (κ2) is 6.87. The monoisotopic (exact) mass is 319 g/mol. The number of hydrogen-bond donors (Lipinski definition) is 0. The minimum atomic E-state index is -0.427. The van der Waals surface area contributed by atoms with Crippen molar-refractivity contribution in [2.45, 2.75) is 19.4 Å². The summed E-state index contributed by atoms with van der Waals surface area (Å²) in [6, 6.07) is 6.97. The lowest BCUT2D eigenvalue weighted by Crippen LogP contribution is -2.26. The minimum absolute atomic E-state index is 0.216. The number of benzene rings is 1. The number of ether oxygens (including phenoxy) is 1. The van der Waals surface area contributed by atoms with Crippen LogP contribution >= 0.6 is 0 Å². The molecular weight excluding hydrogens is 301 g/mol. The molecule has 2 aromatic rings. The third-order valence-corrected chi connectivity index (χ3v) is 3.81. The Kier molecular flexibility index (Phi) is 4.66. The predicted octanol–water partition coefficient (Wildman–Crippen LogP) is 2.25. The number of esters is 1. The summed E-state index contributed by atoms with van der Waals surface area (Å²) in [7, 11) is 0. The van der Waals surface area contributed by atoms with E-state index < -0.39 is 5.97 Å². The van der Waals surface area contributed by atoms with Crippen molar-refractivity contribution >= 4 is 5.97 Å². The van der Waals surface area contributed by atoms with E-state index in [0.717, 1.165) is 6.54 Å². The molecule has 0 aliphatic carbocycles. The Labute approximate surface area is 133 Å². The summed E-state index contributed by atoms with van der Waals surface area (Å²) in [5.41, 5.74) is 0.941. The second-order valence-corrected chi connectivity index (χ2v) is 5.48. The maximum atomic E-state index is 12.5. The summed E-state index contributed by atoms with van der Waals surface area (Å²) in [6.45, 7) is 2.99. The molecule has 3 rings (SSSR count). The topological polar surface area (TPSA) is 68.5 Å². The van der Waals surface area contributed by atoms with Gasteiger partial charge in [-0.3, -0.25) is 4.90 Å². The molecule has 1 aromatic carbocycles. The van der Waals surface area contributed by atoms with Crippen LogP contribution in [-0.4, -0.2) is 53.5 Å². The van der Waals surface area contributed by atoms with Crippen molar-refractivity contribution in [2.24, 2.45) is 0 Å². The minimum Gasteiger partial charge on any atom is -0.457 e. The van der Waals surface area contributed by atoms with Gasteiger partial charge in [-0.2, -0.15) is 0 Å². The SMILES string of the molecule is Cc1nnc(-c2ccccc2C(=O)OC2CCN(CCF)C2)o1. The first-order valence-electron chi connectivity index (χ1n) is 7.56. The van der Waals surface area contributed by atoms with Gasteiger partial charge in [0.15, 0.2) is 0 Å². The Hall–Kier alpha value is -2.28. The summed E-state index contributed by atoms with van der Waals surface area (Å²) in [5, 5.41) is 7.74. The summed E-state index contributed by atoms with van der Waals surface area (Å²) in [5.74, 6) is 0.296. The standard InChI is InChI=1S/C16H18FN3O3/c1-11-18-19-15(22-11)13-4-2-3-5-14(13)16(21)23-12-6-8-20(10-12)9-7-17/h2-5,12H,6-10H2,1H3.